The van der Waals surface area contributed by atoms with Gasteiger partial charge in [0.05, 0.1) is 17.1 Å². The van der Waals surface area contributed by atoms with Crippen molar-refractivity contribution in [1.82, 2.24) is 45.0 Å². The molecular formula is C59H115N9. The summed E-state index contributed by atoms with van der Waals surface area (Å²) in [6.45, 7) is 44.6. The molecule has 0 saturated carbocycles. The molecule has 3 rings (SSSR count). The average Bonchev–Trinajstić information content (AvgIpc) is 3.95. The first-order chi connectivity index (χ1) is 31.5. The van der Waals surface area contributed by atoms with Crippen molar-refractivity contribution in [3.63, 3.8) is 0 Å². The highest BCUT2D eigenvalue weighted by atomic mass is 15.4. The molecule has 9 nitrogen and oxygen atoms in total. The fraction of sp³-hybridized carbons (Fsp3) is 0.898. The van der Waals surface area contributed by atoms with E-state index in [9.17, 15) is 0 Å². The zero-order valence-electron chi connectivity index (χ0n) is 48.8. The Hall–Kier alpha value is -2.58. The maximum absolute atomic E-state index is 4.34. The van der Waals surface area contributed by atoms with Gasteiger partial charge in [0, 0.05) is 38.2 Å². The third-order valence-corrected chi connectivity index (χ3v) is 12.5. The Kier molecular flexibility index (Phi) is 30.2. The molecule has 0 radical (unpaired) electrons. The van der Waals surface area contributed by atoms with Gasteiger partial charge >= 0.3 is 0 Å². The molecule has 0 spiro atoms. The van der Waals surface area contributed by atoms with Crippen LogP contribution in [0.4, 0.5) is 0 Å². The van der Waals surface area contributed by atoms with E-state index in [0.29, 0.717) is 32.5 Å². The Bertz CT molecular complexity index is 1560. The van der Waals surface area contributed by atoms with Crippen LogP contribution in [0.1, 0.15) is 289 Å². The molecule has 0 bridgehead atoms. The Morgan fingerprint density at radius 1 is 0.265 bits per heavy atom. The molecule has 3 aromatic heterocycles. The molecule has 0 aliphatic heterocycles. The number of aryl methyl sites for hydroxylation is 6. The van der Waals surface area contributed by atoms with Gasteiger partial charge in [0.2, 0.25) is 0 Å². The molecule has 0 aromatic carbocycles. The van der Waals surface area contributed by atoms with E-state index in [1.807, 2.05) is 14.0 Å². The third-order valence-electron chi connectivity index (χ3n) is 12.5. The molecule has 0 saturated heterocycles. The van der Waals surface area contributed by atoms with Crippen LogP contribution in [-0.4, -0.2) is 45.0 Å². The summed E-state index contributed by atoms with van der Waals surface area (Å²) < 4.78 is 6.07. The fourth-order valence-electron chi connectivity index (χ4n) is 8.28. The summed E-state index contributed by atoms with van der Waals surface area (Å²) in [4.78, 5) is 0. The number of nitrogens with zero attached hydrogens (tertiary/aromatic N) is 9. The lowest BCUT2D eigenvalue weighted by molar-refractivity contribution is 0.347. The first kappa shape index (κ1) is 63.4. The summed E-state index contributed by atoms with van der Waals surface area (Å²) in [6, 6.07) is 0. The lowest BCUT2D eigenvalue weighted by Crippen LogP contribution is -2.07. The van der Waals surface area contributed by atoms with Gasteiger partial charge in [0.1, 0.15) is 0 Å². The molecule has 0 aliphatic rings. The van der Waals surface area contributed by atoms with Gasteiger partial charge in [-0.1, -0.05) is 211 Å². The van der Waals surface area contributed by atoms with Gasteiger partial charge in [-0.3, -0.25) is 14.0 Å². The smallest absolute Gasteiger partial charge is 0.0827 e. The van der Waals surface area contributed by atoms with E-state index in [-0.39, 0.29) is 0 Å². The Morgan fingerprint density at radius 3 is 0.809 bits per heavy atom. The van der Waals surface area contributed by atoms with Crippen LogP contribution in [0.15, 0.2) is 18.6 Å². The van der Waals surface area contributed by atoms with Crippen molar-refractivity contribution < 1.29 is 0 Å². The van der Waals surface area contributed by atoms with Crippen molar-refractivity contribution in [3.05, 3.63) is 35.7 Å². The topological polar surface area (TPSA) is 92.1 Å². The summed E-state index contributed by atoms with van der Waals surface area (Å²) in [6.07, 6.45) is 39.4. The van der Waals surface area contributed by atoms with Gasteiger partial charge in [-0.2, -0.15) is 0 Å². The molecule has 396 valence electrons. The Morgan fingerprint density at radius 2 is 0.485 bits per heavy atom. The minimum absolute atomic E-state index is 0.413. The molecule has 3 heterocycles. The minimum atomic E-state index is 0.413. The van der Waals surface area contributed by atoms with E-state index in [2.05, 4.69) is 174 Å². The van der Waals surface area contributed by atoms with Crippen LogP contribution in [0.2, 0.25) is 0 Å². The first-order valence-electron chi connectivity index (χ1n) is 28.1. The maximum Gasteiger partial charge on any atom is 0.0827 e. The van der Waals surface area contributed by atoms with Gasteiger partial charge in [-0.05, 0) is 129 Å². The first-order valence-corrected chi connectivity index (χ1v) is 28.1. The number of aromatic nitrogens is 9. The standard InChI is InChI=1S/C23H45N3.C20H39N3.C16H31N3/c1-22(2,3)17-13-9-7-8-10-15-19-26-20-21(24-25-26)16-12-11-14-18-23(4,5)6;1-19(2,3)14-10-7-9-13-18-17-23(22-21-18)16-12-8-11-15-20(4,5)6;1-15(2,3)10-7-9-14-13-19(18-17-14)12-8-11-16(4,5)6/h20H,7-19H2,1-6H3;17H,7-16H2,1-6H3;13H,7-12H2,1-6H3. The van der Waals surface area contributed by atoms with Crippen LogP contribution in [0.5, 0.6) is 0 Å². The maximum atomic E-state index is 4.34. The van der Waals surface area contributed by atoms with E-state index in [4.69, 9.17) is 0 Å². The van der Waals surface area contributed by atoms with Gasteiger partial charge < -0.3 is 0 Å². The third kappa shape index (κ3) is 41.2. The molecule has 68 heavy (non-hydrogen) atoms. The number of hydrogen-bond acceptors (Lipinski definition) is 6. The second-order valence-corrected chi connectivity index (χ2v) is 28.0. The summed E-state index contributed by atoms with van der Waals surface area (Å²) in [7, 11) is 0. The highest BCUT2D eigenvalue weighted by molar-refractivity contribution is 4.94. The van der Waals surface area contributed by atoms with Crippen molar-refractivity contribution in [2.45, 2.75) is 311 Å². The SMILES string of the molecule is CC(C)(C)CCCCCCCCn1cc(CCCCCC(C)(C)C)nn1.CC(C)(C)CCCCCc1cn(CCCCCC(C)(C)C)nn1.CC(C)(C)CCCc1cn(CCCC(C)(C)C)nn1. The van der Waals surface area contributed by atoms with Crippen LogP contribution in [0.25, 0.3) is 0 Å². The van der Waals surface area contributed by atoms with Crippen LogP contribution >= 0.6 is 0 Å². The second kappa shape index (κ2) is 32.4. The number of hydrogen-bond donors (Lipinski definition) is 0. The Labute approximate surface area is 422 Å². The molecular weight excluding hydrogens is 835 g/mol. The molecule has 0 fully saturated rings. The largest absolute Gasteiger partial charge is 0.252 e. The van der Waals surface area contributed by atoms with Crippen molar-refractivity contribution in [2.75, 3.05) is 0 Å². The van der Waals surface area contributed by atoms with Gasteiger partial charge in [0.15, 0.2) is 0 Å². The lowest BCUT2D eigenvalue weighted by Gasteiger charge is -2.17. The van der Waals surface area contributed by atoms with Gasteiger partial charge in [0.25, 0.3) is 0 Å². The van der Waals surface area contributed by atoms with Crippen molar-refractivity contribution in [1.29, 1.82) is 0 Å². The summed E-state index contributed by atoms with van der Waals surface area (Å²) >= 11 is 0. The van der Waals surface area contributed by atoms with Crippen LogP contribution in [0, 0.1) is 32.5 Å². The number of rotatable bonds is 29. The summed E-state index contributed by atoms with van der Waals surface area (Å²) in [5.41, 5.74) is 6.20. The van der Waals surface area contributed by atoms with Gasteiger partial charge in [-0.15, -0.1) is 15.3 Å². The highest BCUT2D eigenvalue weighted by Gasteiger charge is 2.14. The minimum Gasteiger partial charge on any atom is -0.252 e. The van der Waals surface area contributed by atoms with Crippen molar-refractivity contribution in [3.8, 4) is 0 Å². The summed E-state index contributed by atoms with van der Waals surface area (Å²) in [5.74, 6) is 0. The normalized spacial score (nSPS) is 12.8. The molecule has 0 aliphatic carbocycles. The predicted octanol–water partition coefficient (Wildman–Crippen LogP) is 17.7. The Balaban J connectivity index is 0.000000516. The van der Waals surface area contributed by atoms with Crippen LogP contribution in [-0.2, 0) is 38.9 Å². The molecule has 0 atom stereocenters. The van der Waals surface area contributed by atoms with E-state index < -0.39 is 0 Å². The zero-order chi connectivity index (χ0) is 51.3. The monoisotopic (exact) mass is 950 g/mol. The van der Waals surface area contributed by atoms with E-state index in [1.54, 1.807) is 0 Å². The predicted molar refractivity (Wildman–Crippen MR) is 294 cm³/mol. The van der Waals surface area contributed by atoms with Crippen LogP contribution < -0.4 is 0 Å². The zero-order valence-corrected chi connectivity index (χ0v) is 48.8. The highest BCUT2D eigenvalue weighted by Crippen LogP contribution is 2.26. The molecule has 0 amide bonds. The summed E-state index contributed by atoms with van der Waals surface area (Å²) in [5, 5.41) is 25.7. The fourth-order valence-corrected chi connectivity index (χ4v) is 8.28. The van der Waals surface area contributed by atoms with E-state index in [1.165, 1.54) is 153 Å². The lowest BCUT2D eigenvalue weighted by atomic mass is 9.89. The second-order valence-electron chi connectivity index (χ2n) is 28.0. The molecule has 0 N–H and O–H groups in total. The quantitative estimate of drug-likeness (QED) is 0.0644. The molecule has 0 unspecified atom stereocenters. The molecule has 3 aromatic rings. The molecule has 9 heteroatoms. The van der Waals surface area contributed by atoms with Crippen molar-refractivity contribution >= 4 is 0 Å². The average molecular weight is 951 g/mol. The van der Waals surface area contributed by atoms with Crippen LogP contribution in [0.3, 0.4) is 0 Å². The van der Waals surface area contributed by atoms with Gasteiger partial charge in [-0.25, -0.2) is 0 Å². The number of unbranched alkanes of at least 4 members (excludes halogenated alkanes) is 11. The van der Waals surface area contributed by atoms with Crippen molar-refractivity contribution in [2.24, 2.45) is 32.5 Å². The van der Waals surface area contributed by atoms with E-state index >= 15 is 0 Å². The van der Waals surface area contributed by atoms with E-state index in [0.717, 1.165) is 50.3 Å².